The number of hydrogen-bond donors (Lipinski definition) is 0. The second-order valence-electron chi connectivity index (χ2n) is 18.6. The molecule has 0 unspecified atom stereocenters. The quantitative estimate of drug-likeness (QED) is 0.0771. The average molecular weight is 1040 g/mol. The molecule has 3 heterocycles. The fourth-order valence-corrected chi connectivity index (χ4v) is 10.3. The van der Waals surface area contributed by atoms with Crippen molar-refractivity contribution in [1.29, 1.82) is 0 Å². The molecular weight excluding hydrogens is 983 g/mol. The van der Waals surface area contributed by atoms with Gasteiger partial charge >= 0.3 is 0 Å². The number of anilines is 1. The maximum Gasteiger partial charge on any atom is 0.268 e. The van der Waals surface area contributed by atoms with E-state index in [1.165, 1.54) is 4.90 Å². The molecule has 0 spiro atoms. The highest BCUT2D eigenvalue weighted by Gasteiger charge is 2.42. The van der Waals surface area contributed by atoms with Crippen LogP contribution in [0.15, 0.2) is 265 Å². The molecule has 0 fully saturated rings. The number of carbonyl (C=O) groups excluding carboxylic acids is 2. The van der Waals surface area contributed by atoms with E-state index in [4.69, 9.17) is 15.0 Å². The summed E-state index contributed by atoms with van der Waals surface area (Å²) in [6.45, 7) is 10.2. The number of carbonyl (C=O) groups is 2. The van der Waals surface area contributed by atoms with Crippen LogP contribution in [-0.2, 0) is 0 Å². The Kier molecular flexibility index (Phi) is 15.1. The smallest absolute Gasteiger partial charge is 0.268 e. The monoisotopic (exact) mass is 1040 g/mol. The topological polar surface area (TPSA) is 106 Å². The first kappa shape index (κ1) is 51.6. The molecule has 1 aliphatic rings. The molecule has 0 saturated carbocycles. The number of amidine groups is 1. The van der Waals surface area contributed by atoms with Crippen LogP contribution in [0.2, 0.25) is 0 Å². The predicted molar refractivity (Wildman–Crippen MR) is 329 cm³/mol. The Balaban J connectivity index is 0.000000427. The van der Waals surface area contributed by atoms with Crippen LogP contribution in [-0.4, -0.2) is 50.4 Å². The summed E-state index contributed by atoms with van der Waals surface area (Å²) in [5.41, 5.74) is 12.6. The third-order valence-corrected chi connectivity index (χ3v) is 13.9. The van der Waals surface area contributed by atoms with Crippen LogP contribution < -0.4 is 4.90 Å². The molecule has 0 N–H and O–H groups in total. The lowest BCUT2D eigenvalue weighted by molar-refractivity contribution is 0.0926. The number of benzene rings is 10. The van der Waals surface area contributed by atoms with Gasteiger partial charge in [-0.25, -0.2) is 24.8 Å². The van der Waals surface area contributed by atoms with Crippen molar-refractivity contribution in [1.82, 2.24) is 19.5 Å². The second-order valence-corrected chi connectivity index (χ2v) is 18.6. The highest BCUT2D eigenvalue weighted by atomic mass is 16.2. The van der Waals surface area contributed by atoms with Crippen LogP contribution in [0.4, 0.5) is 5.69 Å². The lowest BCUT2D eigenvalue weighted by atomic mass is 9.90. The van der Waals surface area contributed by atoms with E-state index in [0.29, 0.717) is 40.0 Å². The molecule has 10 aromatic carbocycles. The number of imide groups is 1. The van der Waals surface area contributed by atoms with Crippen LogP contribution in [0.1, 0.15) is 47.1 Å². The van der Waals surface area contributed by atoms with Gasteiger partial charge < -0.3 is 4.57 Å². The molecule has 0 bridgehead atoms. The van der Waals surface area contributed by atoms with Gasteiger partial charge in [-0.1, -0.05) is 220 Å². The minimum atomic E-state index is -0.387. The summed E-state index contributed by atoms with van der Waals surface area (Å²) >= 11 is 0. The molecule has 13 rings (SSSR count). The molecule has 80 heavy (non-hydrogen) atoms. The van der Waals surface area contributed by atoms with Crippen LogP contribution in [0.3, 0.4) is 0 Å². The standard InChI is InChI=1S/C59H37N5O2.C10H12N2.C2H6/c65-58-46-30-18-32-52(53(46)59(66)64(58)54-47(39-21-8-2-9-22-39)36-44(38-19-6-1-7-20-38)37-48(54)40-23-10-3-11-24-40)63-50-31-17-16-29-45(50)49-35-43(33-34-51(49)63)57-61-55(41-25-12-4-13-26-41)60-56(62-57)42-27-14-5-15-28-42;1-3-12-10(11-2)9-7-5-4-6-8-9;1-2/h1-37H;4-8H,2-3H2,1H3;1-2H3. The molecule has 0 saturated heterocycles. The zero-order valence-electron chi connectivity index (χ0n) is 44.6. The van der Waals surface area contributed by atoms with Crippen molar-refractivity contribution in [3.05, 3.63) is 271 Å². The van der Waals surface area contributed by atoms with Crippen molar-refractivity contribution in [3.63, 3.8) is 0 Å². The van der Waals surface area contributed by atoms with Gasteiger partial charge in [0.2, 0.25) is 0 Å². The van der Waals surface area contributed by atoms with Gasteiger partial charge in [0, 0.05) is 50.7 Å². The number of hydrogen-bond acceptors (Lipinski definition) is 6. The highest BCUT2D eigenvalue weighted by molar-refractivity contribution is 6.37. The fraction of sp³-hybridized carbons (Fsp3) is 0.0563. The van der Waals surface area contributed by atoms with Crippen LogP contribution >= 0.6 is 0 Å². The van der Waals surface area contributed by atoms with Crippen molar-refractivity contribution >= 4 is 51.9 Å². The van der Waals surface area contributed by atoms with Gasteiger partial charge in [0.1, 0.15) is 0 Å². The SMILES string of the molecule is C=NC(=NCC)c1ccccc1.CC.O=C1c2cccc(-n3c4ccccc4c4cc(-c5nc(-c6ccccc6)nc(-c6ccccc6)n5)ccc43)c2C(=O)N1c1c(-c2ccccc2)cc(-c2ccccc2)cc1-c1ccccc1. The molecule has 0 radical (unpaired) electrons. The molecular formula is C71H55N7O2. The third-order valence-electron chi connectivity index (χ3n) is 13.9. The predicted octanol–water partition coefficient (Wildman–Crippen LogP) is 17.0. The molecule has 1 aliphatic heterocycles. The summed E-state index contributed by atoms with van der Waals surface area (Å²) in [5.74, 6) is 1.66. The number of aromatic nitrogens is 4. The zero-order chi connectivity index (χ0) is 55.0. The number of amides is 2. The van der Waals surface area contributed by atoms with Crippen molar-refractivity contribution < 1.29 is 9.59 Å². The van der Waals surface area contributed by atoms with Gasteiger partial charge in [0.05, 0.1) is 33.5 Å². The highest BCUT2D eigenvalue weighted by Crippen LogP contribution is 2.47. The number of aliphatic imine (C=N–C) groups is 2. The van der Waals surface area contributed by atoms with Crippen LogP contribution in [0, 0.1) is 0 Å². The summed E-state index contributed by atoms with van der Waals surface area (Å²) in [7, 11) is 0. The molecule has 9 heteroatoms. The lowest BCUT2D eigenvalue weighted by Crippen LogP contribution is -2.30. The van der Waals surface area contributed by atoms with Gasteiger partial charge in [-0.3, -0.25) is 14.6 Å². The third kappa shape index (κ3) is 10.0. The van der Waals surface area contributed by atoms with E-state index in [-0.39, 0.29) is 11.8 Å². The van der Waals surface area contributed by atoms with Gasteiger partial charge in [-0.05, 0) is 84.4 Å². The van der Waals surface area contributed by atoms with Gasteiger partial charge in [-0.15, -0.1) is 0 Å². The summed E-state index contributed by atoms with van der Waals surface area (Å²) in [5, 5.41) is 1.93. The Morgan fingerprint density at radius 1 is 0.425 bits per heavy atom. The largest absolute Gasteiger partial charge is 0.308 e. The number of fused-ring (bicyclic) bond motifs is 4. The number of nitrogens with zero attached hydrogens (tertiary/aromatic N) is 7. The number of rotatable bonds is 10. The molecule has 0 aliphatic carbocycles. The Bertz CT molecular complexity index is 4100. The maximum absolute atomic E-state index is 15.5. The first-order chi connectivity index (χ1) is 39.5. The molecule has 386 valence electrons. The molecule has 9 nitrogen and oxygen atoms in total. The van der Waals surface area contributed by atoms with Crippen molar-refractivity contribution in [2.75, 3.05) is 11.4 Å². The van der Waals surface area contributed by atoms with E-state index >= 15 is 9.59 Å². The maximum atomic E-state index is 15.5. The summed E-state index contributed by atoms with van der Waals surface area (Å²) < 4.78 is 2.11. The Morgan fingerprint density at radius 2 is 0.887 bits per heavy atom. The molecule has 12 aromatic rings. The Labute approximate surface area is 465 Å². The van der Waals surface area contributed by atoms with E-state index in [1.54, 1.807) is 6.07 Å². The van der Waals surface area contributed by atoms with Crippen LogP contribution in [0.25, 0.3) is 95.0 Å². The fourth-order valence-electron chi connectivity index (χ4n) is 10.3. The minimum absolute atomic E-state index is 0.344. The summed E-state index contributed by atoms with van der Waals surface area (Å²) in [6, 6.07) is 84.0. The van der Waals surface area contributed by atoms with Gasteiger partial charge in [0.25, 0.3) is 11.8 Å². The van der Waals surface area contributed by atoms with E-state index in [2.05, 4.69) is 69.8 Å². The van der Waals surface area contributed by atoms with E-state index in [0.717, 1.165) is 89.8 Å². The molecule has 0 atom stereocenters. The van der Waals surface area contributed by atoms with E-state index in [9.17, 15) is 0 Å². The van der Waals surface area contributed by atoms with Gasteiger partial charge in [0.15, 0.2) is 23.3 Å². The van der Waals surface area contributed by atoms with Crippen molar-refractivity contribution in [3.8, 4) is 73.2 Å². The van der Waals surface area contributed by atoms with Crippen LogP contribution in [0.5, 0.6) is 0 Å². The Hall–Kier alpha value is -10.5. The second kappa shape index (κ2) is 23.4. The summed E-state index contributed by atoms with van der Waals surface area (Å²) in [4.78, 5) is 55.0. The summed E-state index contributed by atoms with van der Waals surface area (Å²) in [6.07, 6.45) is 0. The van der Waals surface area contributed by atoms with E-state index < -0.39 is 0 Å². The van der Waals surface area contributed by atoms with Crippen molar-refractivity contribution in [2.45, 2.75) is 20.8 Å². The molecule has 2 amide bonds. The number of para-hydroxylation sites is 1. The lowest BCUT2D eigenvalue weighted by Gasteiger charge is -2.24. The van der Waals surface area contributed by atoms with Crippen molar-refractivity contribution in [2.24, 2.45) is 9.98 Å². The zero-order valence-corrected chi connectivity index (χ0v) is 44.6. The first-order valence-electron chi connectivity index (χ1n) is 26.8. The Morgan fingerprint density at radius 3 is 1.41 bits per heavy atom. The minimum Gasteiger partial charge on any atom is -0.308 e. The normalized spacial score (nSPS) is 11.9. The molecule has 2 aromatic heterocycles. The van der Waals surface area contributed by atoms with E-state index in [1.807, 2.05) is 221 Å². The average Bonchev–Trinajstić information content (AvgIpc) is 4.20. The first-order valence-corrected chi connectivity index (χ1v) is 26.8. The van der Waals surface area contributed by atoms with Gasteiger partial charge in [-0.2, -0.15) is 0 Å².